The number of quaternary nitrogens is 1. The molecule has 2 aromatic rings. The summed E-state index contributed by atoms with van der Waals surface area (Å²) in [5, 5.41) is 19.4. The van der Waals surface area contributed by atoms with Crippen LogP contribution in [-0.2, 0) is 10.4 Å². The van der Waals surface area contributed by atoms with Gasteiger partial charge in [0.15, 0.2) is 0 Å². The Kier molecular flexibility index (Phi) is 11.0. The topological polar surface area (TPSA) is 151 Å². The van der Waals surface area contributed by atoms with Crippen LogP contribution in [0.3, 0.4) is 0 Å². The summed E-state index contributed by atoms with van der Waals surface area (Å²) in [4.78, 5) is 12.8. The lowest BCUT2D eigenvalue weighted by atomic mass is 10.2. The lowest BCUT2D eigenvalue weighted by molar-refractivity contribution is -0.868. The van der Waals surface area contributed by atoms with Crippen LogP contribution >= 0.6 is 31.9 Å². The van der Waals surface area contributed by atoms with E-state index in [-0.39, 0.29) is 7.11 Å². The van der Waals surface area contributed by atoms with Crippen molar-refractivity contribution in [2.45, 2.75) is 6.92 Å². The monoisotopic (exact) mass is 609 g/mol. The van der Waals surface area contributed by atoms with E-state index in [1.54, 1.807) is 0 Å². The van der Waals surface area contributed by atoms with Crippen molar-refractivity contribution in [3.05, 3.63) is 55.5 Å². The molecule has 33 heavy (non-hydrogen) atoms. The van der Waals surface area contributed by atoms with Crippen LogP contribution in [0.15, 0.2) is 55.6 Å². The Morgan fingerprint density at radius 1 is 1.06 bits per heavy atom. The second-order valence-corrected chi connectivity index (χ2v) is 10.3. The summed E-state index contributed by atoms with van der Waals surface area (Å²) in [5.41, 5.74) is 2.35. The molecule has 0 N–H and O–H groups in total. The number of nitro groups is 1. The quantitative estimate of drug-likeness (QED) is 0.103. The predicted octanol–water partition coefficient (Wildman–Crippen LogP) is 4.84. The molecule has 2 rings (SSSR count). The minimum Gasteiger partial charge on any atom is -0.759 e. The number of azo groups is 1. The number of nitrogens with zero attached hydrogens (tertiary/aromatic N) is 5. The van der Waals surface area contributed by atoms with E-state index in [1.807, 2.05) is 24.3 Å². The van der Waals surface area contributed by atoms with Gasteiger partial charge >= 0.3 is 1.43 Å². The number of anilines is 1. The number of rotatable bonds is 8. The maximum absolute atomic E-state index is 10.9. The molecule has 0 heterocycles. The van der Waals surface area contributed by atoms with Gasteiger partial charge in [0.25, 0.3) is 5.69 Å². The van der Waals surface area contributed by atoms with Crippen molar-refractivity contribution in [2.24, 2.45) is 10.2 Å². The molecule has 11 nitrogen and oxygen atoms in total. The van der Waals surface area contributed by atoms with E-state index in [1.165, 1.54) is 12.1 Å². The number of benzene rings is 2. The van der Waals surface area contributed by atoms with Crippen molar-refractivity contribution in [1.29, 1.82) is 0 Å². The van der Waals surface area contributed by atoms with Gasteiger partial charge < -0.3 is 18.5 Å². The van der Waals surface area contributed by atoms with Gasteiger partial charge in [-0.3, -0.25) is 18.5 Å². The molecule has 0 aliphatic carbocycles. The largest absolute Gasteiger partial charge is 1.00 e. The summed E-state index contributed by atoms with van der Waals surface area (Å²) >= 11 is 6.63. The molecular formula is C19H25Br2N5O6S. The minimum absolute atomic E-state index is 0. The molecular weight excluding hydrogens is 586 g/mol. The second kappa shape index (κ2) is 12.5. The third-order valence-electron chi connectivity index (χ3n) is 4.12. The molecule has 0 unspecified atom stereocenters. The molecule has 0 saturated carbocycles. The highest BCUT2D eigenvalue weighted by Crippen LogP contribution is 2.38. The maximum atomic E-state index is 10.9. The van der Waals surface area contributed by atoms with E-state index in [9.17, 15) is 10.1 Å². The first-order valence-corrected chi connectivity index (χ1v) is 12.4. The SMILES string of the molecule is CCN(CC[N+](C)(C)C)c1ccc(N=Nc2c(Br)cc([N+](=O)[O-])cc2Br)cc1.O=S(=O)([O-])[O-].[H+]. The zero-order valence-corrected chi connectivity index (χ0v) is 22.4. The van der Waals surface area contributed by atoms with Crippen LogP contribution in [0.25, 0.3) is 0 Å². The van der Waals surface area contributed by atoms with Crippen LogP contribution in [0.2, 0.25) is 0 Å². The van der Waals surface area contributed by atoms with Crippen molar-refractivity contribution in [1.82, 2.24) is 0 Å². The Labute approximate surface area is 211 Å². The molecule has 0 amide bonds. The highest BCUT2D eigenvalue weighted by Gasteiger charge is 2.14. The molecule has 14 heteroatoms. The van der Waals surface area contributed by atoms with Gasteiger partial charge in [-0.15, -0.1) is 5.11 Å². The maximum Gasteiger partial charge on any atom is 1.00 e. The molecule has 0 bridgehead atoms. The lowest BCUT2D eigenvalue weighted by Gasteiger charge is -2.29. The van der Waals surface area contributed by atoms with Gasteiger partial charge in [-0.05, 0) is 63.0 Å². The van der Waals surface area contributed by atoms with Gasteiger partial charge in [-0.25, -0.2) is 0 Å². The highest BCUT2D eigenvalue weighted by molar-refractivity contribution is 9.11. The van der Waals surface area contributed by atoms with E-state index >= 15 is 0 Å². The molecule has 0 aliphatic rings. The minimum atomic E-state index is -5.17. The summed E-state index contributed by atoms with van der Waals surface area (Å²) in [6.07, 6.45) is 0. The highest BCUT2D eigenvalue weighted by atomic mass is 79.9. The van der Waals surface area contributed by atoms with E-state index in [4.69, 9.17) is 17.5 Å². The molecule has 0 saturated heterocycles. The van der Waals surface area contributed by atoms with Crippen LogP contribution in [-0.4, -0.2) is 67.7 Å². The van der Waals surface area contributed by atoms with E-state index in [2.05, 4.69) is 75.1 Å². The summed E-state index contributed by atoms with van der Waals surface area (Å²) in [5.74, 6) is 0. The van der Waals surface area contributed by atoms with Gasteiger partial charge in [0, 0.05) is 34.8 Å². The lowest BCUT2D eigenvalue weighted by Crippen LogP contribution is -2.42. The average molecular weight is 611 g/mol. The average Bonchev–Trinajstić information content (AvgIpc) is 2.66. The predicted molar refractivity (Wildman–Crippen MR) is 131 cm³/mol. The first kappa shape index (κ1) is 29.1. The molecule has 2 aromatic carbocycles. The third-order valence-corrected chi connectivity index (χ3v) is 5.32. The van der Waals surface area contributed by atoms with E-state index in [0.29, 0.717) is 20.3 Å². The first-order chi connectivity index (χ1) is 15.1. The number of hydrogen-bond acceptors (Lipinski definition) is 9. The van der Waals surface area contributed by atoms with Crippen LogP contribution in [0.5, 0.6) is 0 Å². The van der Waals surface area contributed by atoms with Gasteiger partial charge in [0.1, 0.15) is 5.69 Å². The number of likely N-dealkylation sites (N-methyl/N-ethyl adjacent to an activating group) is 2. The van der Waals surface area contributed by atoms with Crippen LogP contribution in [0, 0.1) is 10.1 Å². The normalized spacial score (nSPS) is 11.8. The fourth-order valence-corrected chi connectivity index (χ4v) is 3.80. The summed E-state index contributed by atoms with van der Waals surface area (Å²) in [6, 6.07) is 10.7. The molecule has 0 fully saturated rings. The molecule has 0 aromatic heterocycles. The molecule has 0 radical (unpaired) electrons. The number of non-ortho nitro benzene ring substituents is 1. The van der Waals surface area contributed by atoms with Crippen molar-refractivity contribution in [2.75, 3.05) is 45.7 Å². The number of halogens is 2. The van der Waals surface area contributed by atoms with Crippen LogP contribution in [0.4, 0.5) is 22.7 Å². The summed E-state index contributed by atoms with van der Waals surface area (Å²) in [7, 11) is 1.39. The van der Waals surface area contributed by atoms with Crippen LogP contribution < -0.4 is 4.90 Å². The fourth-order valence-electron chi connectivity index (χ4n) is 2.48. The van der Waals surface area contributed by atoms with Crippen molar-refractivity contribution in [3.63, 3.8) is 0 Å². The van der Waals surface area contributed by atoms with Crippen molar-refractivity contribution >= 4 is 65.0 Å². The standard InChI is InChI=1S/C19H24Br2N5O2.H2O4S/c1-5-24(10-11-26(2,3)4)15-8-6-14(7-9-15)22-23-19-17(20)12-16(25(27)28)13-18(19)21;1-5(2,3)4/h6-9,12-13H,5,10-11H2,1-4H3;(H2,1,2,3,4)/q+1;/p-1. The van der Waals surface area contributed by atoms with E-state index in [0.717, 1.165) is 29.8 Å². The van der Waals surface area contributed by atoms with E-state index < -0.39 is 15.3 Å². The Morgan fingerprint density at radius 3 is 1.94 bits per heavy atom. The van der Waals surface area contributed by atoms with Gasteiger partial charge in [0.2, 0.25) is 0 Å². The molecule has 0 atom stereocenters. The number of hydrogen-bond donors (Lipinski definition) is 0. The smallest absolute Gasteiger partial charge is 0.759 e. The van der Waals surface area contributed by atoms with Crippen molar-refractivity contribution < 1.29 is 28.4 Å². The second-order valence-electron chi connectivity index (χ2n) is 7.73. The van der Waals surface area contributed by atoms with Gasteiger partial charge in [-0.2, -0.15) is 5.11 Å². The molecule has 0 spiro atoms. The third kappa shape index (κ3) is 11.6. The van der Waals surface area contributed by atoms with Crippen LogP contribution in [0.1, 0.15) is 8.35 Å². The Bertz CT molecular complexity index is 1060. The zero-order chi connectivity index (χ0) is 25.4. The summed E-state index contributed by atoms with van der Waals surface area (Å²) in [6.45, 7) is 5.11. The Balaban J connectivity index is 0.00000164. The summed E-state index contributed by atoms with van der Waals surface area (Å²) < 4.78 is 36.0. The zero-order valence-electron chi connectivity index (χ0n) is 19.4. The molecule has 182 valence electrons. The Hall–Kier alpha value is -1.97. The van der Waals surface area contributed by atoms with Crippen molar-refractivity contribution in [3.8, 4) is 0 Å². The number of nitro benzene ring substituents is 1. The first-order valence-electron chi connectivity index (χ1n) is 9.48. The fraction of sp³-hybridized carbons (Fsp3) is 0.368. The van der Waals surface area contributed by atoms with Gasteiger partial charge in [0.05, 0.1) is 53.8 Å². The van der Waals surface area contributed by atoms with Gasteiger partial charge in [-0.1, -0.05) is 0 Å². The molecule has 0 aliphatic heterocycles. The Morgan fingerprint density at radius 2 is 1.55 bits per heavy atom.